The molecule has 2 aromatic rings. The van der Waals surface area contributed by atoms with Gasteiger partial charge in [-0.15, -0.1) is 0 Å². The van der Waals surface area contributed by atoms with Crippen LogP contribution in [0.25, 0.3) is 11.2 Å². The first-order chi connectivity index (χ1) is 12.7. The SMILES string of the molecule is CCN(CC)C(=O)C1CCCN(c2nc(NCCO)c3[nH]cnc3n2)C1. The Balaban J connectivity index is 1.82. The van der Waals surface area contributed by atoms with E-state index in [1.807, 2.05) is 18.7 Å². The summed E-state index contributed by atoms with van der Waals surface area (Å²) in [7, 11) is 0. The minimum atomic E-state index is -0.0315. The number of aliphatic hydroxyl groups excluding tert-OH is 1. The number of carbonyl (C=O) groups is 1. The number of carbonyl (C=O) groups excluding carboxylic acids is 1. The first-order valence-electron chi connectivity index (χ1n) is 9.27. The van der Waals surface area contributed by atoms with Gasteiger partial charge in [-0.1, -0.05) is 0 Å². The molecule has 9 nitrogen and oxygen atoms in total. The second kappa shape index (κ2) is 8.31. The molecule has 3 N–H and O–H groups in total. The van der Waals surface area contributed by atoms with Crippen molar-refractivity contribution in [2.75, 3.05) is 49.5 Å². The van der Waals surface area contributed by atoms with Gasteiger partial charge in [0.25, 0.3) is 0 Å². The lowest BCUT2D eigenvalue weighted by Crippen LogP contribution is -2.45. The van der Waals surface area contributed by atoms with Crippen LogP contribution in [0.1, 0.15) is 26.7 Å². The number of piperidine rings is 1. The van der Waals surface area contributed by atoms with Gasteiger partial charge in [0.15, 0.2) is 11.5 Å². The summed E-state index contributed by atoms with van der Waals surface area (Å²) in [5.41, 5.74) is 1.29. The molecule has 9 heteroatoms. The lowest BCUT2D eigenvalue weighted by molar-refractivity contribution is -0.135. The van der Waals surface area contributed by atoms with Crippen molar-refractivity contribution in [1.82, 2.24) is 24.8 Å². The number of anilines is 2. The van der Waals surface area contributed by atoms with Crippen LogP contribution in [0, 0.1) is 5.92 Å². The Labute approximate surface area is 152 Å². The largest absolute Gasteiger partial charge is 0.395 e. The molecule has 1 amide bonds. The standard InChI is InChI=1S/C17H27N7O2/c1-3-23(4-2)16(26)12-6-5-8-24(10-12)17-21-14(18-7-9-25)13-15(22-17)20-11-19-13/h11-12,25H,3-10H2,1-2H3,(H2,18,19,20,21,22). The number of imidazole rings is 1. The van der Waals surface area contributed by atoms with Crippen LogP contribution in [0.5, 0.6) is 0 Å². The molecule has 1 aliphatic heterocycles. The highest BCUT2D eigenvalue weighted by Gasteiger charge is 2.30. The smallest absolute Gasteiger partial charge is 0.229 e. The number of nitrogens with zero attached hydrogens (tertiary/aromatic N) is 5. The van der Waals surface area contributed by atoms with Crippen molar-refractivity contribution in [3.8, 4) is 0 Å². The topological polar surface area (TPSA) is 110 Å². The van der Waals surface area contributed by atoms with Gasteiger partial charge < -0.3 is 25.2 Å². The summed E-state index contributed by atoms with van der Waals surface area (Å²) < 4.78 is 0. The van der Waals surface area contributed by atoms with Gasteiger partial charge >= 0.3 is 0 Å². The number of aliphatic hydroxyl groups is 1. The molecule has 1 atom stereocenters. The molecule has 2 aromatic heterocycles. The van der Waals surface area contributed by atoms with Crippen molar-refractivity contribution in [3.63, 3.8) is 0 Å². The van der Waals surface area contributed by atoms with Gasteiger partial charge in [-0.3, -0.25) is 4.79 Å². The Kier molecular flexibility index (Phi) is 5.87. The summed E-state index contributed by atoms with van der Waals surface area (Å²) in [4.78, 5) is 33.1. The zero-order valence-electron chi connectivity index (χ0n) is 15.4. The quantitative estimate of drug-likeness (QED) is 0.670. The van der Waals surface area contributed by atoms with Crippen LogP contribution >= 0.6 is 0 Å². The number of fused-ring (bicyclic) bond motifs is 1. The number of rotatable bonds is 7. The normalized spacial score (nSPS) is 17.5. The lowest BCUT2D eigenvalue weighted by Gasteiger charge is -2.34. The van der Waals surface area contributed by atoms with Gasteiger partial charge in [-0.2, -0.15) is 9.97 Å². The maximum atomic E-state index is 12.7. The Morgan fingerprint density at radius 2 is 2.23 bits per heavy atom. The van der Waals surface area contributed by atoms with Crippen LogP contribution in [0.4, 0.5) is 11.8 Å². The van der Waals surface area contributed by atoms with Gasteiger partial charge in [-0.05, 0) is 26.7 Å². The van der Waals surface area contributed by atoms with Gasteiger partial charge in [0.05, 0.1) is 18.9 Å². The lowest BCUT2D eigenvalue weighted by atomic mass is 9.96. The van der Waals surface area contributed by atoms with Crippen molar-refractivity contribution >= 4 is 28.8 Å². The Morgan fingerprint density at radius 1 is 1.42 bits per heavy atom. The third kappa shape index (κ3) is 3.72. The van der Waals surface area contributed by atoms with E-state index in [-0.39, 0.29) is 18.4 Å². The van der Waals surface area contributed by atoms with Crippen molar-refractivity contribution < 1.29 is 9.90 Å². The second-order valence-electron chi connectivity index (χ2n) is 6.42. The molecule has 0 bridgehead atoms. The maximum Gasteiger partial charge on any atom is 0.229 e. The van der Waals surface area contributed by atoms with Gasteiger partial charge in [-0.25, -0.2) is 4.98 Å². The summed E-state index contributed by atoms with van der Waals surface area (Å²) in [5.74, 6) is 1.37. The molecule has 0 aliphatic carbocycles. The summed E-state index contributed by atoms with van der Waals surface area (Å²) in [6.07, 6.45) is 3.40. The molecule has 3 heterocycles. The molecule has 3 rings (SSSR count). The molecule has 0 radical (unpaired) electrons. The molecule has 0 aromatic carbocycles. The highest BCUT2D eigenvalue weighted by atomic mass is 16.3. The van der Waals surface area contributed by atoms with Crippen LogP contribution in [0.15, 0.2) is 6.33 Å². The van der Waals surface area contributed by atoms with Crippen molar-refractivity contribution in [3.05, 3.63) is 6.33 Å². The molecular formula is C17H27N7O2. The Hall–Kier alpha value is -2.42. The van der Waals surface area contributed by atoms with E-state index in [9.17, 15) is 4.79 Å². The van der Waals surface area contributed by atoms with E-state index >= 15 is 0 Å². The van der Waals surface area contributed by atoms with E-state index in [4.69, 9.17) is 5.11 Å². The number of amides is 1. The zero-order chi connectivity index (χ0) is 18.5. The van der Waals surface area contributed by atoms with Crippen LogP contribution in [0.3, 0.4) is 0 Å². The van der Waals surface area contributed by atoms with Crippen LogP contribution in [-0.4, -0.2) is 75.2 Å². The summed E-state index contributed by atoms with van der Waals surface area (Å²) >= 11 is 0. The molecule has 0 spiro atoms. The number of H-pyrrole nitrogens is 1. The summed E-state index contributed by atoms with van der Waals surface area (Å²) in [5, 5.41) is 12.2. The highest BCUT2D eigenvalue weighted by Crippen LogP contribution is 2.25. The minimum absolute atomic E-state index is 0.0130. The number of hydrogen-bond acceptors (Lipinski definition) is 7. The van der Waals surface area contributed by atoms with E-state index in [0.717, 1.165) is 38.0 Å². The zero-order valence-corrected chi connectivity index (χ0v) is 15.4. The Bertz CT molecular complexity index is 744. The maximum absolute atomic E-state index is 12.7. The molecule has 142 valence electrons. The molecule has 26 heavy (non-hydrogen) atoms. The number of hydrogen-bond donors (Lipinski definition) is 3. The van der Waals surface area contributed by atoms with Crippen molar-refractivity contribution in [2.45, 2.75) is 26.7 Å². The molecule has 1 fully saturated rings. The first kappa shape index (κ1) is 18.4. The predicted octanol–water partition coefficient (Wildman–Crippen LogP) is 0.842. The minimum Gasteiger partial charge on any atom is -0.395 e. The van der Waals surface area contributed by atoms with E-state index in [2.05, 4.69) is 30.2 Å². The molecular weight excluding hydrogens is 334 g/mol. The Morgan fingerprint density at radius 3 is 2.96 bits per heavy atom. The van der Waals surface area contributed by atoms with E-state index in [1.54, 1.807) is 6.33 Å². The third-order valence-electron chi connectivity index (χ3n) is 4.81. The summed E-state index contributed by atoms with van der Waals surface area (Å²) in [6.45, 7) is 7.33. The highest BCUT2D eigenvalue weighted by molar-refractivity contribution is 5.84. The van der Waals surface area contributed by atoms with Crippen LogP contribution in [0.2, 0.25) is 0 Å². The predicted molar refractivity (Wildman–Crippen MR) is 100 cm³/mol. The van der Waals surface area contributed by atoms with Crippen LogP contribution in [-0.2, 0) is 4.79 Å². The van der Waals surface area contributed by atoms with Crippen molar-refractivity contribution in [2.24, 2.45) is 5.92 Å². The first-order valence-corrected chi connectivity index (χ1v) is 9.27. The molecule has 1 saturated heterocycles. The van der Waals surface area contributed by atoms with E-state index in [0.29, 0.717) is 30.5 Å². The number of aromatic nitrogens is 4. The molecule has 1 aliphatic rings. The van der Waals surface area contributed by atoms with Gasteiger partial charge in [0.2, 0.25) is 11.9 Å². The summed E-state index contributed by atoms with van der Waals surface area (Å²) in [6, 6.07) is 0. The van der Waals surface area contributed by atoms with Gasteiger partial charge in [0.1, 0.15) is 5.52 Å². The van der Waals surface area contributed by atoms with E-state index < -0.39 is 0 Å². The second-order valence-corrected chi connectivity index (χ2v) is 6.42. The van der Waals surface area contributed by atoms with Crippen LogP contribution < -0.4 is 10.2 Å². The number of nitrogens with one attached hydrogen (secondary N) is 2. The third-order valence-corrected chi connectivity index (χ3v) is 4.81. The average molecular weight is 361 g/mol. The average Bonchev–Trinajstić information content (AvgIpc) is 3.15. The van der Waals surface area contributed by atoms with E-state index in [1.165, 1.54) is 0 Å². The van der Waals surface area contributed by atoms with Gasteiger partial charge in [0, 0.05) is 32.7 Å². The fraction of sp³-hybridized carbons (Fsp3) is 0.647. The number of aromatic amines is 1. The fourth-order valence-corrected chi connectivity index (χ4v) is 3.42. The monoisotopic (exact) mass is 361 g/mol. The fourth-order valence-electron chi connectivity index (χ4n) is 3.42. The molecule has 1 unspecified atom stereocenters. The van der Waals surface area contributed by atoms with Crippen molar-refractivity contribution in [1.29, 1.82) is 0 Å². The molecule has 0 saturated carbocycles.